The van der Waals surface area contributed by atoms with Gasteiger partial charge in [-0.15, -0.1) is 11.3 Å². The Bertz CT molecular complexity index is 2160. The molecule has 288 valence electrons. The molecule has 0 bridgehead atoms. The average molecular weight is 769 g/mol. The summed E-state index contributed by atoms with van der Waals surface area (Å²) in [6.45, 7) is 0.698. The zero-order valence-corrected chi connectivity index (χ0v) is 30.9. The summed E-state index contributed by atoms with van der Waals surface area (Å²) >= 11 is 1.63. The van der Waals surface area contributed by atoms with E-state index in [0.29, 0.717) is 35.7 Å². The quantitative estimate of drug-likeness (QED) is 0.0397. The van der Waals surface area contributed by atoms with Gasteiger partial charge < -0.3 is 37.8 Å². The Balaban J connectivity index is 0.924. The number of aromatic amines is 1. The van der Waals surface area contributed by atoms with Crippen LogP contribution in [0, 0.1) is 0 Å². The fraction of sp³-hybridized carbons (Fsp3) is 0.316. The van der Waals surface area contributed by atoms with Crippen molar-refractivity contribution < 1.29 is 24.3 Å². The number of thiophene rings is 1. The van der Waals surface area contributed by atoms with Gasteiger partial charge in [-0.3, -0.25) is 24.2 Å². The van der Waals surface area contributed by atoms with Gasteiger partial charge in [0, 0.05) is 35.5 Å². The lowest BCUT2D eigenvalue weighted by molar-refractivity contribution is -0.139. The van der Waals surface area contributed by atoms with Gasteiger partial charge in [-0.25, -0.2) is 14.8 Å². The number of aromatic nitrogens is 4. The van der Waals surface area contributed by atoms with E-state index in [9.17, 15) is 29.1 Å². The summed E-state index contributed by atoms with van der Waals surface area (Å²) in [6, 6.07) is 14.8. The zero-order chi connectivity index (χ0) is 39.2. The molecular weight excluding hydrogens is 725 g/mol. The van der Waals surface area contributed by atoms with Crippen molar-refractivity contribution in [3.8, 4) is 10.4 Å². The van der Waals surface area contributed by atoms with E-state index in [1.54, 1.807) is 29.5 Å². The van der Waals surface area contributed by atoms with Crippen molar-refractivity contribution in [3.05, 3.63) is 87.8 Å². The number of anilines is 4. The van der Waals surface area contributed by atoms with Crippen LogP contribution in [0.5, 0.6) is 0 Å². The molecule has 55 heavy (non-hydrogen) atoms. The SMILES string of the molecule is Nc1nc2ncc(CNc3ccc(C(=O)N[C@@H](CCC(=O)NCCCCCCCCC(=O)Nc4cc(-c5cccs5)ccc4N)C(=O)O)cc3)nc2c(=O)[nH]1. The minimum absolute atomic E-state index is 0.0518. The molecular formula is C38H44N10O6S. The van der Waals surface area contributed by atoms with Crippen molar-refractivity contribution in [2.45, 2.75) is 70.4 Å². The number of carbonyl (C=O) groups excluding carboxylic acids is 3. The van der Waals surface area contributed by atoms with Crippen LogP contribution in [-0.2, 0) is 20.9 Å². The van der Waals surface area contributed by atoms with E-state index in [2.05, 4.69) is 41.2 Å². The van der Waals surface area contributed by atoms with Crippen molar-refractivity contribution in [1.29, 1.82) is 0 Å². The third-order valence-corrected chi connectivity index (χ3v) is 9.58. The highest BCUT2D eigenvalue weighted by atomic mass is 32.1. The number of aliphatic carboxylic acids is 1. The number of fused-ring (bicyclic) bond motifs is 1. The molecule has 0 unspecified atom stereocenters. The van der Waals surface area contributed by atoms with Crippen LogP contribution in [0.15, 0.2) is 71.0 Å². The Morgan fingerprint density at radius 3 is 2.40 bits per heavy atom. The van der Waals surface area contributed by atoms with Gasteiger partial charge in [0.1, 0.15) is 6.04 Å². The van der Waals surface area contributed by atoms with Crippen molar-refractivity contribution in [3.63, 3.8) is 0 Å². The van der Waals surface area contributed by atoms with Crippen LogP contribution in [0.2, 0.25) is 0 Å². The van der Waals surface area contributed by atoms with Crippen molar-refractivity contribution in [2.75, 3.05) is 28.6 Å². The number of rotatable bonds is 20. The van der Waals surface area contributed by atoms with Gasteiger partial charge in [-0.2, -0.15) is 4.98 Å². The first-order valence-electron chi connectivity index (χ1n) is 17.9. The number of carbonyl (C=O) groups is 4. The second kappa shape index (κ2) is 19.6. The van der Waals surface area contributed by atoms with E-state index in [1.165, 1.54) is 18.3 Å². The first-order chi connectivity index (χ1) is 26.5. The molecule has 3 amide bonds. The standard InChI is InChI=1S/C38H44N10O6S/c39-27-15-12-24(30-8-7-19-55-30)20-29(27)45-32(50)9-5-3-1-2-4-6-18-41-31(49)17-16-28(37(53)54)46-35(51)23-10-13-25(14-11-23)42-21-26-22-43-34-33(44-26)36(52)48-38(40)47-34/h7-8,10-15,19-20,22,28,42H,1-6,9,16-18,21,39H2,(H,41,49)(H,45,50)(H,46,51)(H,53,54)(H3,40,43,47,48,52)/t28-/m0/s1. The van der Waals surface area contributed by atoms with Crippen molar-refractivity contribution >= 4 is 69.2 Å². The Morgan fingerprint density at radius 1 is 0.891 bits per heavy atom. The lowest BCUT2D eigenvalue weighted by atomic mass is 10.1. The van der Waals surface area contributed by atoms with Crippen LogP contribution in [0.1, 0.15) is 73.8 Å². The zero-order valence-electron chi connectivity index (χ0n) is 30.1. The number of hydrogen-bond acceptors (Lipinski definition) is 12. The number of nitrogens with two attached hydrogens (primary N) is 2. The molecule has 2 aromatic carbocycles. The van der Waals surface area contributed by atoms with Gasteiger partial charge in [0.05, 0.1) is 29.8 Å². The summed E-state index contributed by atoms with van der Waals surface area (Å²) in [6.07, 6.45) is 7.05. The molecule has 5 aromatic rings. The second-order valence-corrected chi connectivity index (χ2v) is 13.8. The summed E-state index contributed by atoms with van der Waals surface area (Å²) in [5.74, 6) is -2.23. The molecule has 3 aromatic heterocycles. The Hall–Kier alpha value is -6.36. The summed E-state index contributed by atoms with van der Waals surface area (Å²) in [7, 11) is 0. The summed E-state index contributed by atoms with van der Waals surface area (Å²) in [5.41, 5.74) is 14.8. The number of nitrogens with zero attached hydrogens (tertiary/aromatic N) is 3. The van der Waals surface area contributed by atoms with Crippen LogP contribution >= 0.6 is 11.3 Å². The Morgan fingerprint density at radius 2 is 1.65 bits per heavy atom. The van der Waals surface area contributed by atoms with E-state index >= 15 is 0 Å². The maximum absolute atomic E-state index is 12.8. The lowest BCUT2D eigenvalue weighted by Crippen LogP contribution is -2.41. The number of nitrogen functional groups attached to an aromatic ring is 2. The maximum Gasteiger partial charge on any atom is 0.326 e. The number of carboxylic acids is 1. The lowest BCUT2D eigenvalue weighted by Gasteiger charge is -2.15. The number of H-pyrrole nitrogens is 1. The van der Waals surface area contributed by atoms with Gasteiger partial charge in [0.15, 0.2) is 11.2 Å². The third-order valence-electron chi connectivity index (χ3n) is 8.66. The molecule has 0 radical (unpaired) electrons. The molecule has 10 N–H and O–H groups in total. The van der Waals surface area contributed by atoms with Crippen LogP contribution in [-0.4, -0.2) is 61.3 Å². The second-order valence-electron chi connectivity index (χ2n) is 12.9. The molecule has 1 atom stereocenters. The summed E-state index contributed by atoms with van der Waals surface area (Å²) in [5, 5.41) is 23.0. The predicted octanol–water partition coefficient (Wildman–Crippen LogP) is 4.67. The van der Waals surface area contributed by atoms with Crippen LogP contribution in [0.4, 0.5) is 23.0 Å². The van der Waals surface area contributed by atoms with Crippen LogP contribution in [0.25, 0.3) is 21.6 Å². The van der Waals surface area contributed by atoms with Gasteiger partial charge in [-0.05, 0) is 72.7 Å². The number of carboxylic acid groups (broad SMARTS) is 1. The smallest absolute Gasteiger partial charge is 0.326 e. The molecule has 0 saturated heterocycles. The van der Waals surface area contributed by atoms with E-state index in [4.69, 9.17) is 11.5 Å². The topological polar surface area (TPSA) is 260 Å². The van der Waals surface area contributed by atoms with E-state index in [-0.39, 0.29) is 53.9 Å². The van der Waals surface area contributed by atoms with Crippen molar-refractivity contribution in [1.82, 2.24) is 30.6 Å². The Kier molecular flexibility index (Phi) is 14.2. The minimum Gasteiger partial charge on any atom is -0.480 e. The third kappa shape index (κ3) is 12.1. The number of nitrogens with one attached hydrogen (secondary N) is 5. The van der Waals surface area contributed by atoms with E-state index in [1.807, 2.05) is 29.6 Å². The van der Waals surface area contributed by atoms with Gasteiger partial charge in [0.2, 0.25) is 17.8 Å². The summed E-state index contributed by atoms with van der Waals surface area (Å²) in [4.78, 5) is 77.4. The monoisotopic (exact) mass is 768 g/mol. The first kappa shape index (κ1) is 39.8. The molecule has 3 heterocycles. The molecule has 0 aliphatic carbocycles. The molecule has 0 fully saturated rings. The predicted molar refractivity (Wildman–Crippen MR) is 212 cm³/mol. The summed E-state index contributed by atoms with van der Waals surface area (Å²) < 4.78 is 0. The van der Waals surface area contributed by atoms with Gasteiger partial charge >= 0.3 is 5.97 Å². The molecule has 17 heteroatoms. The van der Waals surface area contributed by atoms with Crippen LogP contribution < -0.4 is 38.3 Å². The van der Waals surface area contributed by atoms with Gasteiger partial charge in [-0.1, -0.05) is 37.8 Å². The van der Waals surface area contributed by atoms with E-state index in [0.717, 1.165) is 49.0 Å². The molecule has 0 spiro atoms. The highest BCUT2D eigenvalue weighted by molar-refractivity contribution is 7.13. The van der Waals surface area contributed by atoms with Gasteiger partial charge in [0.25, 0.3) is 11.5 Å². The minimum atomic E-state index is -1.24. The maximum atomic E-state index is 12.8. The fourth-order valence-electron chi connectivity index (χ4n) is 5.67. The molecule has 16 nitrogen and oxygen atoms in total. The van der Waals surface area contributed by atoms with Crippen LogP contribution in [0.3, 0.4) is 0 Å². The number of unbranched alkanes of at least 4 members (excludes halogenated alkanes) is 5. The van der Waals surface area contributed by atoms with Crippen molar-refractivity contribution in [2.24, 2.45) is 0 Å². The fourth-order valence-corrected chi connectivity index (χ4v) is 6.39. The van der Waals surface area contributed by atoms with E-state index < -0.39 is 23.5 Å². The molecule has 0 saturated carbocycles. The molecule has 0 aliphatic rings. The highest BCUT2D eigenvalue weighted by Crippen LogP contribution is 2.30. The number of hydrogen-bond donors (Lipinski definition) is 8. The highest BCUT2D eigenvalue weighted by Gasteiger charge is 2.22. The normalized spacial score (nSPS) is 11.5. The first-order valence-corrected chi connectivity index (χ1v) is 18.8. The largest absolute Gasteiger partial charge is 0.480 e. The number of benzene rings is 2. The average Bonchev–Trinajstić information content (AvgIpc) is 3.71. The number of amides is 3. The Labute approximate surface area is 320 Å². The molecule has 5 rings (SSSR count). The molecule has 0 aliphatic heterocycles.